The maximum atomic E-state index is 13.0. The Balaban J connectivity index is 2.55. The average Bonchev–Trinajstić information content (AvgIpc) is 2.77. The summed E-state index contributed by atoms with van der Waals surface area (Å²) in [6, 6.07) is 6.21. The highest BCUT2D eigenvalue weighted by molar-refractivity contribution is 6.30. The fourth-order valence-corrected chi connectivity index (χ4v) is 1.88. The Morgan fingerprint density at radius 3 is 2.42 bits per heavy atom. The highest BCUT2D eigenvalue weighted by Crippen LogP contribution is 2.39. The predicted octanol–water partition coefficient (Wildman–Crippen LogP) is 4.64. The number of alkyl halides is 3. The summed E-state index contributed by atoms with van der Waals surface area (Å²) in [6.07, 6.45) is -4.50. The molecule has 1 heterocycles. The van der Waals surface area contributed by atoms with Crippen molar-refractivity contribution in [2.24, 2.45) is 5.73 Å². The van der Waals surface area contributed by atoms with Crippen LogP contribution in [0.4, 0.5) is 13.2 Å². The molecule has 0 fully saturated rings. The van der Waals surface area contributed by atoms with Crippen LogP contribution in [0, 0.1) is 0 Å². The van der Waals surface area contributed by atoms with Crippen molar-refractivity contribution < 1.29 is 17.6 Å². The van der Waals surface area contributed by atoms with Gasteiger partial charge in [-0.1, -0.05) is 11.6 Å². The van der Waals surface area contributed by atoms with E-state index in [4.69, 9.17) is 21.8 Å². The molecule has 0 aliphatic heterocycles. The van der Waals surface area contributed by atoms with Gasteiger partial charge in [0, 0.05) is 10.6 Å². The van der Waals surface area contributed by atoms with Gasteiger partial charge >= 0.3 is 6.18 Å². The van der Waals surface area contributed by atoms with E-state index in [-0.39, 0.29) is 22.4 Å². The van der Waals surface area contributed by atoms with E-state index >= 15 is 0 Å². The number of hydrogen-bond donors (Lipinski definition) is 1. The summed E-state index contributed by atoms with van der Waals surface area (Å²) in [7, 11) is 0. The number of benzene rings is 1. The monoisotopic (exact) mass is 289 g/mol. The van der Waals surface area contributed by atoms with Crippen LogP contribution in [-0.2, 0) is 6.18 Å². The second-order valence-electron chi connectivity index (χ2n) is 4.18. The van der Waals surface area contributed by atoms with Crippen molar-refractivity contribution in [2.45, 2.75) is 19.1 Å². The molecule has 0 saturated carbocycles. The van der Waals surface area contributed by atoms with Crippen LogP contribution < -0.4 is 5.73 Å². The van der Waals surface area contributed by atoms with Gasteiger partial charge < -0.3 is 10.2 Å². The molecule has 102 valence electrons. The quantitative estimate of drug-likeness (QED) is 0.875. The first-order chi connectivity index (χ1) is 8.79. The molecule has 0 aliphatic rings. The molecule has 1 unspecified atom stereocenters. The van der Waals surface area contributed by atoms with Crippen molar-refractivity contribution in [2.75, 3.05) is 0 Å². The number of nitrogens with two attached hydrogens (primary N) is 1. The van der Waals surface area contributed by atoms with Crippen molar-refractivity contribution in [3.63, 3.8) is 0 Å². The van der Waals surface area contributed by atoms with E-state index in [0.29, 0.717) is 5.76 Å². The van der Waals surface area contributed by atoms with Crippen LogP contribution in [0.15, 0.2) is 34.7 Å². The van der Waals surface area contributed by atoms with Crippen molar-refractivity contribution in [3.8, 4) is 11.3 Å². The van der Waals surface area contributed by atoms with Crippen molar-refractivity contribution in [1.29, 1.82) is 0 Å². The van der Waals surface area contributed by atoms with Gasteiger partial charge in [0.25, 0.3) is 0 Å². The lowest BCUT2D eigenvalue weighted by atomic mass is 10.1. The van der Waals surface area contributed by atoms with Crippen LogP contribution >= 0.6 is 11.6 Å². The summed E-state index contributed by atoms with van der Waals surface area (Å²) < 4.78 is 44.2. The van der Waals surface area contributed by atoms with Gasteiger partial charge in [0.15, 0.2) is 0 Å². The molecule has 1 aromatic heterocycles. The molecule has 0 spiro atoms. The summed E-state index contributed by atoms with van der Waals surface area (Å²) in [6.45, 7) is 1.69. The van der Waals surface area contributed by atoms with Crippen LogP contribution in [0.2, 0.25) is 5.02 Å². The smallest absolute Gasteiger partial charge is 0.417 e. The highest BCUT2D eigenvalue weighted by Gasteiger charge is 2.34. The lowest BCUT2D eigenvalue weighted by Gasteiger charge is -2.11. The van der Waals surface area contributed by atoms with E-state index in [1.807, 2.05) is 0 Å². The molecular formula is C13H11ClF3NO. The molecule has 2 aromatic rings. The second kappa shape index (κ2) is 4.90. The highest BCUT2D eigenvalue weighted by atomic mass is 35.5. The molecule has 2 N–H and O–H groups in total. The van der Waals surface area contributed by atoms with Gasteiger partial charge in [0.2, 0.25) is 0 Å². The Bertz CT molecular complexity index is 590. The van der Waals surface area contributed by atoms with E-state index in [9.17, 15) is 13.2 Å². The van der Waals surface area contributed by atoms with Crippen molar-refractivity contribution in [3.05, 3.63) is 46.7 Å². The molecule has 19 heavy (non-hydrogen) atoms. The van der Waals surface area contributed by atoms with Gasteiger partial charge in [-0.05, 0) is 37.3 Å². The average molecular weight is 290 g/mol. The van der Waals surface area contributed by atoms with E-state index in [1.54, 1.807) is 13.0 Å². The summed E-state index contributed by atoms with van der Waals surface area (Å²) in [5.41, 5.74) is 4.74. The van der Waals surface area contributed by atoms with Gasteiger partial charge in [-0.3, -0.25) is 0 Å². The van der Waals surface area contributed by atoms with Gasteiger partial charge in [-0.2, -0.15) is 13.2 Å². The topological polar surface area (TPSA) is 39.2 Å². The minimum absolute atomic E-state index is 0.0232. The zero-order valence-corrected chi connectivity index (χ0v) is 10.7. The fraction of sp³-hybridized carbons (Fsp3) is 0.231. The number of halogens is 4. The molecule has 0 bridgehead atoms. The minimum Gasteiger partial charge on any atom is -0.459 e. The molecular weight excluding hydrogens is 279 g/mol. The Hall–Kier alpha value is -1.46. The van der Waals surface area contributed by atoms with Gasteiger partial charge in [0.05, 0.1) is 11.6 Å². The summed E-state index contributed by atoms with van der Waals surface area (Å²) in [4.78, 5) is 0. The summed E-state index contributed by atoms with van der Waals surface area (Å²) >= 11 is 5.62. The second-order valence-corrected chi connectivity index (χ2v) is 4.61. The molecule has 0 aliphatic carbocycles. The predicted molar refractivity (Wildman–Crippen MR) is 66.8 cm³/mol. The number of furan rings is 1. The Labute approximate surface area is 113 Å². The first-order valence-corrected chi connectivity index (χ1v) is 5.89. The Morgan fingerprint density at radius 1 is 1.21 bits per heavy atom. The van der Waals surface area contributed by atoms with Crippen LogP contribution in [0.1, 0.15) is 24.3 Å². The Kier molecular flexibility index (Phi) is 3.60. The van der Waals surface area contributed by atoms with Crippen molar-refractivity contribution >= 4 is 11.6 Å². The van der Waals surface area contributed by atoms with Gasteiger partial charge in [-0.15, -0.1) is 0 Å². The summed E-state index contributed by atoms with van der Waals surface area (Å²) in [5, 5.41) is 0.0232. The van der Waals surface area contributed by atoms with E-state index < -0.39 is 11.7 Å². The minimum atomic E-state index is -4.50. The third kappa shape index (κ3) is 2.93. The third-order valence-electron chi connectivity index (χ3n) is 2.63. The van der Waals surface area contributed by atoms with Crippen LogP contribution in [0.3, 0.4) is 0 Å². The maximum absolute atomic E-state index is 13.0. The van der Waals surface area contributed by atoms with Crippen LogP contribution in [-0.4, -0.2) is 0 Å². The van der Waals surface area contributed by atoms with Gasteiger partial charge in [0.1, 0.15) is 11.5 Å². The molecule has 0 radical (unpaired) electrons. The van der Waals surface area contributed by atoms with E-state index in [0.717, 1.165) is 6.07 Å². The van der Waals surface area contributed by atoms with E-state index in [2.05, 4.69) is 0 Å². The zero-order valence-electron chi connectivity index (χ0n) is 9.96. The van der Waals surface area contributed by atoms with Gasteiger partial charge in [-0.25, -0.2) is 0 Å². The first-order valence-electron chi connectivity index (χ1n) is 5.51. The zero-order chi connectivity index (χ0) is 14.2. The van der Waals surface area contributed by atoms with Crippen LogP contribution in [0.25, 0.3) is 11.3 Å². The molecule has 0 amide bonds. The lowest BCUT2D eigenvalue weighted by Crippen LogP contribution is -2.07. The molecule has 0 saturated heterocycles. The maximum Gasteiger partial charge on any atom is 0.417 e. The molecule has 1 aromatic carbocycles. The first kappa shape index (κ1) is 14.0. The number of hydrogen-bond acceptors (Lipinski definition) is 2. The SMILES string of the molecule is CC(N)c1ccc(-c2ccc(Cl)cc2C(F)(F)F)o1. The standard InChI is InChI=1S/C13H11ClF3NO/c1-7(18)11-4-5-12(19-11)9-3-2-8(14)6-10(9)13(15,16)17/h2-7H,18H2,1H3. The van der Waals surface area contributed by atoms with Crippen molar-refractivity contribution in [1.82, 2.24) is 0 Å². The Morgan fingerprint density at radius 2 is 1.89 bits per heavy atom. The molecule has 2 nitrogen and oxygen atoms in total. The third-order valence-corrected chi connectivity index (χ3v) is 2.86. The van der Waals surface area contributed by atoms with Crippen LogP contribution in [0.5, 0.6) is 0 Å². The fourth-order valence-electron chi connectivity index (χ4n) is 1.71. The molecule has 6 heteroatoms. The lowest BCUT2D eigenvalue weighted by molar-refractivity contribution is -0.137. The largest absolute Gasteiger partial charge is 0.459 e. The normalized spacial score (nSPS) is 13.6. The number of rotatable bonds is 2. The van der Waals surface area contributed by atoms with E-state index in [1.165, 1.54) is 18.2 Å². The summed E-state index contributed by atoms with van der Waals surface area (Å²) in [5.74, 6) is 0.550. The molecule has 2 rings (SSSR count). The molecule has 1 atom stereocenters.